The molecule has 1 aliphatic rings. The molecule has 1 N–H and O–H groups in total. The molecule has 1 aliphatic heterocycles. The van der Waals surface area contributed by atoms with Gasteiger partial charge in [0, 0.05) is 13.1 Å². The van der Waals surface area contributed by atoms with Crippen LogP contribution in [-0.4, -0.2) is 41.4 Å². The molecule has 128 valence electrons. The zero-order chi connectivity index (χ0) is 17.5. The minimum atomic E-state index is -5.39. The van der Waals surface area contributed by atoms with Gasteiger partial charge in [0.25, 0.3) is 0 Å². The van der Waals surface area contributed by atoms with E-state index >= 15 is 0 Å². The average molecular weight is 341 g/mol. The summed E-state index contributed by atoms with van der Waals surface area (Å²) in [6.45, 7) is -1.72. The van der Waals surface area contributed by atoms with Crippen molar-refractivity contribution in [2.24, 2.45) is 5.41 Å². The Morgan fingerprint density at radius 3 is 2.26 bits per heavy atom. The van der Waals surface area contributed by atoms with E-state index in [2.05, 4.69) is 0 Å². The number of rotatable bonds is 3. The molecule has 2 rings (SSSR count). The second-order valence-corrected chi connectivity index (χ2v) is 5.54. The van der Waals surface area contributed by atoms with Crippen LogP contribution in [0.4, 0.5) is 26.3 Å². The third kappa shape index (κ3) is 3.29. The van der Waals surface area contributed by atoms with Crippen LogP contribution in [0.25, 0.3) is 0 Å². The SMILES string of the molecule is O=C(O)c1cccc(CN2CCC(C(F)(F)F)(C(F)(F)F)C2)c1. The third-order valence-electron chi connectivity index (χ3n) is 4.01. The fourth-order valence-electron chi connectivity index (χ4n) is 2.71. The number of alkyl halides is 6. The van der Waals surface area contributed by atoms with Crippen LogP contribution in [0.3, 0.4) is 0 Å². The summed E-state index contributed by atoms with van der Waals surface area (Å²) < 4.78 is 77.8. The standard InChI is InChI=1S/C14H13F6NO2/c15-13(16,17)12(14(18,19)20)4-5-21(8-12)7-9-2-1-3-10(6-9)11(22)23/h1-3,6H,4-5,7-8H2,(H,22,23). The largest absolute Gasteiger partial charge is 0.478 e. The summed E-state index contributed by atoms with van der Waals surface area (Å²) in [5.41, 5.74) is -3.45. The average Bonchev–Trinajstić information content (AvgIpc) is 2.83. The highest BCUT2D eigenvalue weighted by molar-refractivity contribution is 5.87. The van der Waals surface area contributed by atoms with E-state index in [0.29, 0.717) is 5.56 Å². The molecule has 1 saturated heterocycles. The van der Waals surface area contributed by atoms with Gasteiger partial charge >= 0.3 is 18.3 Å². The molecule has 1 aromatic carbocycles. The van der Waals surface area contributed by atoms with Gasteiger partial charge in [0.2, 0.25) is 0 Å². The predicted octanol–water partition coefficient (Wildman–Crippen LogP) is 3.70. The molecule has 0 unspecified atom stereocenters. The van der Waals surface area contributed by atoms with Gasteiger partial charge in [-0.2, -0.15) is 26.3 Å². The molecule has 3 nitrogen and oxygen atoms in total. The van der Waals surface area contributed by atoms with Gasteiger partial charge in [0.05, 0.1) is 5.56 Å². The van der Waals surface area contributed by atoms with E-state index in [0.717, 1.165) is 4.90 Å². The van der Waals surface area contributed by atoms with Crippen LogP contribution < -0.4 is 0 Å². The molecule has 0 bridgehead atoms. The fraction of sp³-hybridized carbons (Fsp3) is 0.500. The van der Waals surface area contributed by atoms with Crippen LogP contribution in [0.5, 0.6) is 0 Å². The Hall–Kier alpha value is -1.77. The molecular formula is C14H13F6NO2. The minimum absolute atomic E-state index is 0.0698. The highest BCUT2D eigenvalue weighted by Crippen LogP contribution is 2.55. The summed E-state index contributed by atoms with van der Waals surface area (Å²) in [7, 11) is 0. The molecule has 1 aromatic rings. The topological polar surface area (TPSA) is 40.5 Å². The first kappa shape index (κ1) is 17.6. The van der Waals surface area contributed by atoms with E-state index in [1.807, 2.05) is 0 Å². The van der Waals surface area contributed by atoms with Crippen LogP contribution in [0.1, 0.15) is 22.3 Å². The molecule has 0 saturated carbocycles. The first-order chi connectivity index (χ1) is 10.5. The van der Waals surface area contributed by atoms with Crippen molar-refractivity contribution in [2.75, 3.05) is 13.1 Å². The van der Waals surface area contributed by atoms with Crippen molar-refractivity contribution >= 4 is 5.97 Å². The molecule has 1 heterocycles. The number of carboxylic acids is 1. The minimum Gasteiger partial charge on any atom is -0.478 e. The highest BCUT2D eigenvalue weighted by Gasteiger charge is 2.72. The van der Waals surface area contributed by atoms with Gasteiger partial charge in [-0.3, -0.25) is 4.90 Å². The van der Waals surface area contributed by atoms with Gasteiger partial charge in [0.1, 0.15) is 0 Å². The van der Waals surface area contributed by atoms with E-state index in [4.69, 9.17) is 5.11 Å². The number of carboxylic acid groups (broad SMARTS) is 1. The predicted molar refractivity (Wildman–Crippen MR) is 67.8 cm³/mol. The number of aromatic carboxylic acids is 1. The van der Waals surface area contributed by atoms with Gasteiger partial charge < -0.3 is 5.11 Å². The van der Waals surface area contributed by atoms with E-state index in [1.165, 1.54) is 24.3 Å². The van der Waals surface area contributed by atoms with Gasteiger partial charge in [-0.05, 0) is 30.7 Å². The van der Waals surface area contributed by atoms with Crippen LogP contribution in [0, 0.1) is 5.41 Å². The van der Waals surface area contributed by atoms with Crippen LogP contribution in [0.2, 0.25) is 0 Å². The number of nitrogens with zero attached hydrogens (tertiary/aromatic N) is 1. The summed E-state index contributed by atoms with van der Waals surface area (Å²) >= 11 is 0. The lowest BCUT2D eigenvalue weighted by Crippen LogP contribution is -2.51. The number of likely N-dealkylation sites (tertiary alicyclic amines) is 1. The fourth-order valence-corrected chi connectivity index (χ4v) is 2.71. The van der Waals surface area contributed by atoms with Crippen molar-refractivity contribution in [2.45, 2.75) is 25.3 Å². The second kappa shape index (κ2) is 5.70. The summed E-state index contributed by atoms with van der Waals surface area (Å²) in [5, 5.41) is 8.86. The Labute approximate surface area is 127 Å². The van der Waals surface area contributed by atoms with E-state index in [9.17, 15) is 31.1 Å². The lowest BCUT2D eigenvalue weighted by atomic mass is 9.85. The number of hydrogen-bond donors (Lipinski definition) is 1. The van der Waals surface area contributed by atoms with E-state index < -0.39 is 36.7 Å². The first-order valence-corrected chi connectivity index (χ1v) is 6.64. The Balaban J connectivity index is 2.19. The smallest absolute Gasteiger partial charge is 0.404 e. The summed E-state index contributed by atoms with van der Waals surface area (Å²) in [4.78, 5) is 11.9. The van der Waals surface area contributed by atoms with E-state index in [1.54, 1.807) is 0 Å². The van der Waals surface area contributed by atoms with Crippen molar-refractivity contribution in [1.82, 2.24) is 4.90 Å². The van der Waals surface area contributed by atoms with Crippen molar-refractivity contribution in [3.05, 3.63) is 35.4 Å². The third-order valence-corrected chi connectivity index (χ3v) is 4.01. The molecular weight excluding hydrogens is 328 g/mol. The maximum atomic E-state index is 13.0. The maximum absolute atomic E-state index is 13.0. The number of halogens is 6. The van der Waals surface area contributed by atoms with Crippen molar-refractivity contribution in [3.63, 3.8) is 0 Å². The summed E-state index contributed by atoms with van der Waals surface area (Å²) in [6.07, 6.45) is -11.8. The zero-order valence-electron chi connectivity index (χ0n) is 11.7. The van der Waals surface area contributed by atoms with Crippen LogP contribution in [0.15, 0.2) is 24.3 Å². The van der Waals surface area contributed by atoms with Crippen molar-refractivity contribution in [3.8, 4) is 0 Å². The molecule has 23 heavy (non-hydrogen) atoms. The molecule has 0 aliphatic carbocycles. The zero-order valence-corrected chi connectivity index (χ0v) is 11.7. The van der Waals surface area contributed by atoms with Crippen LogP contribution in [-0.2, 0) is 6.54 Å². The normalized spacial score (nSPS) is 19.0. The molecule has 0 radical (unpaired) electrons. The van der Waals surface area contributed by atoms with Crippen molar-refractivity contribution in [1.29, 1.82) is 0 Å². The van der Waals surface area contributed by atoms with Crippen molar-refractivity contribution < 1.29 is 36.2 Å². The Morgan fingerprint density at radius 1 is 1.17 bits per heavy atom. The van der Waals surface area contributed by atoms with E-state index in [-0.39, 0.29) is 18.7 Å². The summed E-state index contributed by atoms with van der Waals surface area (Å²) in [6, 6.07) is 5.40. The Bertz CT molecular complexity index is 582. The van der Waals surface area contributed by atoms with Gasteiger partial charge in [-0.1, -0.05) is 12.1 Å². The molecule has 9 heteroatoms. The lowest BCUT2D eigenvalue weighted by molar-refractivity contribution is -0.335. The van der Waals surface area contributed by atoms with Gasteiger partial charge in [-0.15, -0.1) is 0 Å². The summed E-state index contributed by atoms with van der Waals surface area (Å²) in [5.74, 6) is -1.21. The van der Waals surface area contributed by atoms with Gasteiger partial charge in [0.15, 0.2) is 5.41 Å². The molecule has 0 spiro atoms. The molecule has 0 amide bonds. The maximum Gasteiger partial charge on any atom is 0.404 e. The molecule has 0 aromatic heterocycles. The number of hydrogen-bond acceptors (Lipinski definition) is 2. The quantitative estimate of drug-likeness (QED) is 0.853. The first-order valence-electron chi connectivity index (χ1n) is 6.64. The highest BCUT2D eigenvalue weighted by atomic mass is 19.4. The second-order valence-electron chi connectivity index (χ2n) is 5.54. The molecule has 1 fully saturated rings. The monoisotopic (exact) mass is 341 g/mol. The number of carbonyl (C=O) groups is 1. The van der Waals surface area contributed by atoms with Crippen LogP contribution >= 0.6 is 0 Å². The Kier molecular flexibility index (Phi) is 4.36. The lowest BCUT2D eigenvalue weighted by Gasteiger charge is -2.33. The van der Waals surface area contributed by atoms with Gasteiger partial charge in [-0.25, -0.2) is 4.79 Å². The Morgan fingerprint density at radius 2 is 1.78 bits per heavy atom. The number of benzene rings is 1. The molecule has 0 atom stereocenters.